The van der Waals surface area contributed by atoms with E-state index in [2.05, 4.69) is 0 Å². The minimum absolute atomic E-state index is 0.203. The van der Waals surface area contributed by atoms with E-state index in [0.29, 0.717) is 34.1 Å². The van der Waals surface area contributed by atoms with E-state index in [-0.39, 0.29) is 21.9 Å². The molecule has 0 aromatic heterocycles. The average Bonchev–Trinajstić information content (AvgIpc) is 3.50. The molecule has 2 aliphatic rings. The maximum absolute atomic E-state index is 14.6. The Morgan fingerprint density at radius 3 is 0.625 bits per heavy atom. The second-order valence-corrected chi connectivity index (χ2v) is 19.4. The van der Waals surface area contributed by atoms with Gasteiger partial charge in [0, 0.05) is 45.9 Å². The van der Waals surface area contributed by atoms with Gasteiger partial charge in [-0.15, -0.1) is 0 Å². The predicted molar refractivity (Wildman–Crippen MR) is 223 cm³/mol. The number of benzene rings is 4. The molecule has 0 saturated heterocycles. The van der Waals surface area contributed by atoms with Crippen LogP contribution in [0.4, 0.5) is 149 Å². The average molecular weight is 1340 g/mol. The van der Waals surface area contributed by atoms with Crippen LogP contribution in [0.2, 0.25) is 0 Å². The van der Waals surface area contributed by atoms with Gasteiger partial charge in [0.1, 0.15) is 0 Å². The van der Waals surface area contributed by atoms with Crippen LogP contribution in [-0.2, 0) is 25.9 Å². The Kier molecular flexibility index (Phi) is 16.6. The lowest BCUT2D eigenvalue weighted by Crippen LogP contribution is -2.74. The highest BCUT2D eigenvalue weighted by molar-refractivity contribution is 6.33. The summed E-state index contributed by atoms with van der Waals surface area (Å²) in [5.74, 6) is -120. The van der Waals surface area contributed by atoms with Crippen LogP contribution in [0.5, 0.6) is 0 Å². The quantitative estimate of drug-likeness (QED) is 0.0580. The summed E-state index contributed by atoms with van der Waals surface area (Å²) < 4.78 is 466. The van der Waals surface area contributed by atoms with Crippen LogP contribution < -0.4 is 0 Å². The van der Waals surface area contributed by atoms with Crippen LogP contribution in [0.1, 0.15) is 76.5 Å². The summed E-state index contributed by atoms with van der Waals surface area (Å²) in [4.78, 5) is 56.0. The van der Waals surface area contributed by atoms with Crippen molar-refractivity contribution in [2.24, 2.45) is 0 Å². The number of nitrogens with zero attached hydrogens (tertiary/aromatic N) is 2. The van der Waals surface area contributed by atoms with Crippen LogP contribution in [0.3, 0.4) is 0 Å². The molecule has 0 atom stereocenters. The summed E-state index contributed by atoms with van der Waals surface area (Å²) in [5, 5.41) is -0.697. The van der Waals surface area contributed by atoms with Crippen LogP contribution in [0.15, 0.2) is 72.8 Å². The second-order valence-electron chi connectivity index (χ2n) is 19.4. The highest BCUT2D eigenvalue weighted by Gasteiger charge is 2.97. The first-order valence-electron chi connectivity index (χ1n) is 23.1. The molecule has 40 heteroatoms. The van der Waals surface area contributed by atoms with E-state index in [1.165, 1.54) is 0 Å². The zero-order valence-corrected chi connectivity index (χ0v) is 41.5. The van der Waals surface area contributed by atoms with E-state index in [9.17, 15) is 168 Å². The molecule has 0 unspecified atom stereocenters. The molecule has 6 nitrogen and oxygen atoms in total. The molecule has 6 rings (SSSR count). The van der Waals surface area contributed by atoms with Gasteiger partial charge in [-0.1, -0.05) is 48.5 Å². The first-order chi connectivity index (χ1) is 39.2. The smallest absolute Gasteiger partial charge is 0.270 e. The lowest BCUT2D eigenvalue weighted by atomic mass is 9.85. The molecule has 2 aliphatic heterocycles. The number of carbonyl (C=O) groups excluding carboxylic acids is 4. The molecule has 4 amide bonds. The Bertz CT molecular complexity index is 3110. The fourth-order valence-electron chi connectivity index (χ4n) is 8.56. The topological polar surface area (TPSA) is 74.8 Å². The first-order valence-corrected chi connectivity index (χ1v) is 23.1. The highest BCUT2D eigenvalue weighted by Crippen LogP contribution is 2.66. The predicted octanol–water partition coefficient (Wildman–Crippen LogP) is 16.3. The lowest BCUT2D eigenvalue weighted by Gasteiger charge is -2.42. The standard InChI is InChI=1S/C48H24F34N2O4/c49-33(50,35(53,54)37(57,58)39(61,62)41(65,66)43(69,70)45(73,74)47(77,78)79)15-13-19-1-5-21(6-2-19)17-83-29(85)23-9-11-25-28-26(12-10-24(27(23)28)30(83)86)32(88)84(31(25)87)18-22-7-3-20(4-8-22)14-16-34(51,52)36(55,56)38(59,60)40(63,64)42(67,68)44(71,72)46(75,76)48(80,81)82/h1-12H,13-18H2. The Balaban J connectivity index is 1.13. The molecule has 0 N–H and O–H groups in total. The van der Waals surface area contributed by atoms with Crippen molar-refractivity contribution in [2.45, 2.75) is 134 Å². The third kappa shape index (κ3) is 9.85. The summed E-state index contributed by atoms with van der Waals surface area (Å²) in [7, 11) is 0. The number of hydrogen-bond acceptors (Lipinski definition) is 4. The van der Waals surface area contributed by atoms with Crippen LogP contribution in [0.25, 0.3) is 10.8 Å². The van der Waals surface area contributed by atoms with Crippen molar-refractivity contribution in [1.82, 2.24) is 9.80 Å². The summed E-state index contributed by atoms with van der Waals surface area (Å²) in [5.41, 5.74) is -3.48. The van der Waals surface area contributed by atoms with Crippen molar-refractivity contribution in [3.05, 3.63) is 117 Å². The summed E-state index contributed by atoms with van der Waals surface area (Å²) in [6.07, 6.45) is -24.8. The lowest BCUT2D eigenvalue weighted by molar-refractivity contribution is -0.461. The van der Waals surface area contributed by atoms with Gasteiger partial charge >= 0.3 is 95.3 Å². The number of aryl methyl sites for hydroxylation is 2. The van der Waals surface area contributed by atoms with Crippen molar-refractivity contribution in [1.29, 1.82) is 0 Å². The molecule has 2 heterocycles. The Morgan fingerprint density at radius 1 is 0.239 bits per heavy atom. The van der Waals surface area contributed by atoms with Gasteiger partial charge in [-0.3, -0.25) is 29.0 Å². The largest absolute Gasteiger partial charge is 0.460 e. The van der Waals surface area contributed by atoms with E-state index in [0.717, 1.165) is 48.5 Å². The maximum atomic E-state index is 14.6. The van der Waals surface area contributed by atoms with E-state index < -0.39 is 191 Å². The van der Waals surface area contributed by atoms with E-state index in [1.54, 1.807) is 0 Å². The Labute approximate surface area is 463 Å². The van der Waals surface area contributed by atoms with Crippen LogP contribution in [-0.4, -0.2) is 129 Å². The highest BCUT2D eigenvalue weighted by atomic mass is 19.4. The minimum Gasteiger partial charge on any atom is -0.270 e. The van der Waals surface area contributed by atoms with Gasteiger partial charge < -0.3 is 0 Å². The Morgan fingerprint density at radius 2 is 0.420 bits per heavy atom. The van der Waals surface area contributed by atoms with Gasteiger partial charge in [0.25, 0.3) is 23.6 Å². The molecule has 0 radical (unpaired) electrons. The van der Waals surface area contributed by atoms with Crippen molar-refractivity contribution in [3.63, 3.8) is 0 Å². The fourth-order valence-corrected chi connectivity index (χ4v) is 8.56. The van der Waals surface area contributed by atoms with E-state index >= 15 is 0 Å². The van der Waals surface area contributed by atoms with Crippen molar-refractivity contribution in [2.75, 3.05) is 0 Å². The molecule has 0 spiro atoms. The van der Waals surface area contributed by atoms with Gasteiger partial charge in [0.05, 0.1) is 13.1 Å². The molecular weight excluding hydrogens is 1310 g/mol. The number of amides is 4. The number of imide groups is 2. The minimum atomic E-state index is -8.83. The number of hydrogen-bond donors (Lipinski definition) is 0. The first kappa shape index (κ1) is 70.1. The summed E-state index contributed by atoms with van der Waals surface area (Å²) in [6.45, 7) is -1.65. The van der Waals surface area contributed by atoms with E-state index in [4.69, 9.17) is 0 Å². The van der Waals surface area contributed by atoms with Gasteiger partial charge in [-0.05, 0) is 59.4 Å². The summed E-state index contributed by atoms with van der Waals surface area (Å²) >= 11 is 0. The Hall–Kier alpha value is -6.96. The van der Waals surface area contributed by atoms with Gasteiger partial charge in [-0.2, -0.15) is 149 Å². The summed E-state index contributed by atoms with van der Waals surface area (Å²) in [6, 6.07) is 9.55. The molecule has 488 valence electrons. The molecular formula is C48H24F34N2O4. The normalized spacial score (nSPS) is 16.4. The molecule has 0 fully saturated rings. The fraction of sp³-hybridized carbons (Fsp3) is 0.458. The molecule has 0 aliphatic carbocycles. The number of halogens is 34. The SMILES string of the molecule is O=C1c2ccc3c4c(ccc(c24)C(=O)N1Cc1ccc(CCC(F)(F)C(F)(F)C(F)(F)C(F)(F)C(F)(F)C(F)(F)C(F)(F)C(F)(F)F)cc1)C(=O)N(Cc1ccc(CCC(F)(F)C(F)(F)C(F)(F)C(F)(F)C(F)(F)C(F)(F)C(F)(F)C(F)(F)F)cc1)C3=O. The molecule has 88 heavy (non-hydrogen) atoms. The van der Waals surface area contributed by atoms with Gasteiger partial charge in [-0.25, -0.2) is 0 Å². The number of rotatable bonds is 22. The van der Waals surface area contributed by atoms with Crippen LogP contribution in [0, 0.1) is 0 Å². The third-order valence-corrected chi connectivity index (χ3v) is 13.8. The van der Waals surface area contributed by atoms with Crippen molar-refractivity contribution >= 4 is 34.4 Å². The third-order valence-electron chi connectivity index (χ3n) is 13.8. The number of alkyl halides is 34. The zero-order chi connectivity index (χ0) is 68.0. The van der Waals surface area contributed by atoms with Crippen molar-refractivity contribution in [3.8, 4) is 0 Å². The van der Waals surface area contributed by atoms with Gasteiger partial charge in [0.2, 0.25) is 0 Å². The monoisotopic (exact) mass is 1340 g/mol. The molecule has 4 aromatic carbocycles. The molecule has 0 bridgehead atoms. The van der Waals surface area contributed by atoms with Crippen LogP contribution >= 0.6 is 0 Å². The van der Waals surface area contributed by atoms with Crippen molar-refractivity contribution < 1.29 is 168 Å². The van der Waals surface area contributed by atoms with Gasteiger partial charge in [0.15, 0.2) is 0 Å². The number of carbonyl (C=O) groups is 4. The molecule has 0 saturated carbocycles. The maximum Gasteiger partial charge on any atom is 0.460 e. The second kappa shape index (κ2) is 20.8. The van der Waals surface area contributed by atoms with E-state index in [1.807, 2.05) is 0 Å². The molecule has 4 aromatic rings. The zero-order valence-electron chi connectivity index (χ0n) is 41.5.